The third-order valence-electron chi connectivity index (χ3n) is 2.21. The lowest BCUT2D eigenvalue weighted by molar-refractivity contribution is -0.390. The van der Waals surface area contributed by atoms with Gasteiger partial charge in [0.05, 0.1) is 0 Å². The summed E-state index contributed by atoms with van der Waals surface area (Å²) in [5.41, 5.74) is 0. The molecule has 0 saturated heterocycles. The minimum absolute atomic E-state index is 0.139. The number of amides is 3. The lowest BCUT2D eigenvalue weighted by Gasteiger charge is -2.09. The van der Waals surface area contributed by atoms with Crippen molar-refractivity contribution in [3.05, 3.63) is 28.4 Å². The summed E-state index contributed by atoms with van der Waals surface area (Å²) >= 11 is 0. The Morgan fingerprint density at radius 2 is 2.19 bits per heavy atom. The van der Waals surface area contributed by atoms with Crippen molar-refractivity contribution in [2.45, 2.75) is 13.8 Å². The summed E-state index contributed by atoms with van der Waals surface area (Å²) in [6.45, 7) is 3.72. The van der Waals surface area contributed by atoms with Crippen LogP contribution in [0, 0.1) is 16.0 Å². The van der Waals surface area contributed by atoms with Gasteiger partial charge in [0.15, 0.2) is 6.61 Å². The molecule has 0 unspecified atom stereocenters. The number of carbonyl (C=O) groups is 2. The van der Waals surface area contributed by atoms with Gasteiger partial charge >= 0.3 is 11.8 Å². The van der Waals surface area contributed by atoms with Gasteiger partial charge in [0.1, 0.15) is 6.20 Å². The van der Waals surface area contributed by atoms with Crippen LogP contribution in [-0.2, 0) is 4.79 Å². The van der Waals surface area contributed by atoms with Gasteiger partial charge in [0.25, 0.3) is 5.91 Å². The number of rotatable bonds is 6. The minimum Gasteiger partial charge on any atom is -0.476 e. The van der Waals surface area contributed by atoms with E-state index in [0.717, 1.165) is 0 Å². The van der Waals surface area contributed by atoms with Crippen LogP contribution in [0.25, 0.3) is 0 Å². The number of imide groups is 1. The summed E-state index contributed by atoms with van der Waals surface area (Å²) in [6.07, 6.45) is 1.24. The Morgan fingerprint density at radius 3 is 2.81 bits per heavy atom. The Bertz CT molecular complexity index is 532. The van der Waals surface area contributed by atoms with E-state index in [2.05, 4.69) is 10.3 Å². The third-order valence-corrected chi connectivity index (χ3v) is 2.21. The van der Waals surface area contributed by atoms with Crippen LogP contribution in [-0.4, -0.2) is 35.0 Å². The van der Waals surface area contributed by atoms with Crippen LogP contribution in [0.3, 0.4) is 0 Å². The van der Waals surface area contributed by atoms with E-state index in [4.69, 9.17) is 4.74 Å². The van der Waals surface area contributed by atoms with E-state index in [1.165, 1.54) is 18.3 Å². The number of pyridine rings is 1. The Hall–Kier alpha value is -2.71. The van der Waals surface area contributed by atoms with Crippen LogP contribution < -0.4 is 15.4 Å². The molecule has 1 rings (SSSR count). The second kappa shape index (κ2) is 7.78. The first-order valence-electron chi connectivity index (χ1n) is 6.20. The third kappa shape index (κ3) is 5.85. The molecule has 1 aromatic rings. The highest BCUT2D eigenvalue weighted by Gasteiger charge is 2.17. The monoisotopic (exact) mass is 296 g/mol. The summed E-state index contributed by atoms with van der Waals surface area (Å²) in [4.78, 5) is 36.3. The lowest BCUT2D eigenvalue weighted by atomic mass is 10.2. The average molecular weight is 296 g/mol. The van der Waals surface area contributed by atoms with Crippen molar-refractivity contribution in [3.8, 4) is 5.75 Å². The molecule has 0 atom stereocenters. The maximum Gasteiger partial charge on any atom is 0.406 e. The maximum absolute atomic E-state index is 11.5. The topological polar surface area (TPSA) is 123 Å². The number of ether oxygens (including phenoxy) is 1. The molecule has 0 aromatic carbocycles. The van der Waals surface area contributed by atoms with Gasteiger partial charge in [-0.2, -0.15) is 0 Å². The standard InChI is InChI=1S/C12H16N4O5/c1-8(2)6-14-12(18)15-10(17)7-21-9-4-3-5-13-11(9)16(19)20/h3-5,8H,6-7H2,1-2H3,(H2,14,15,17,18). The number of carbonyl (C=O) groups excluding carboxylic acids is 2. The first-order valence-corrected chi connectivity index (χ1v) is 6.20. The Kier molecular flexibility index (Phi) is 6.05. The zero-order chi connectivity index (χ0) is 15.8. The highest BCUT2D eigenvalue weighted by Crippen LogP contribution is 2.22. The van der Waals surface area contributed by atoms with Gasteiger partial charge in [-0.15, -0.1) is 0 Å². The fourth-order valence-corrected chi connectivity index (χ4v) is 1.28. The molecule has 114 valence electrons. The SMILES string of the molecule is CC(C)CNC(=O)NC(=O)COc1cccnc1[N+](=O)[O-]. The zero-order valence-electron chi connectivity index (χ0n) is 11.7. The second-order valence-corrected chi connectivity index (χ2v) is 4.52. The van der Waals surface area contributed by atoms with E-state index >= 15 is 0 Å². The van der Waals surface area contributed by atoms with Crippen LogP contribution in [0.2, 0.25) is 0 Å². The molecule has 0 spiro atoms. The van der Waals surface area contributed by atoms with Crippen molar-refractivity contribution in [1.82, 2.24) is 15.6 Å². The molecule has 3 amide bonds. The molecule has 9 heteroatoms. The van der Waals surface area contributed by atoms with E-state index in [1.54, 1.807) is 0 Å². The summed E-state index contributed by atoms with van der Waals surface area (Å²) < 4.78 is 4.99. The molecule has 0 fully saturated rings. The van der Waals surface area contributed by atoms with Gasteiger partial charge in [-0.1, -0.05) is 13.8 Å². The fraction of sp³-hybridized carbons (Fsp3) is 0.417. The molecular formula is C12H16N4O5. The van der Waals surface area contributed by atoms with Crippen molar-refractivity contribution < 1.29 is 19.2 Å². The molecule has 2 N–H and O–H groups in total. The number of urea groups is 1. The molecule has 9 nitrogen and oxygen atoms in total. The number of hydrogen-bond acceptors (Lipinski definition) is 6. The number of nitro groups is 1. The molecular weight excluding hydrogens is 280 g/mol. The predicted molar refractivity (Wildman–Crippen MR) is 72.8 cm³/mol. The number of aromatic nitrogens is 1. The molecule has 1 heterocycles. The zero-order valence-corrected chi connectivity index (χ0v) is 11.7. The molecule has 0 bridgehead atoms. The van der Waals surface area contributed by atoms with Crippen molar-refractivity contribution in [2.75, 3.05) is 13.2 Å². The van der Waals surface area contributed by atoms with Crippen LogP contribution in [0.5, 0.6) is 5.75 Å². The summed E-state index contributed by atoms with van der Waals surface area (Å²) in [5, 5.41) is 15.2. The van der Waals surface area contributed by atoms with Crippen LogP contribution in [0.1, 0.15) is 13.8 Å². The van der Waals surface area contributed by atoms with Crippen LogP contribution in [0.15, 0.2) is 18.3 Å². The van der Waals surface area contributed by atoms with Crippen molar-refractivity contribution in [1.29, 1.82) is 0 Å². The summed E-state index contributed by atoms with van der Waals surface area (Å²) in [7, 11) is 0. The number of nitrogens with one attached hydrogen (secondary N) is 2. The van der Waals surface area contributed by atoms with E-state index in [9.17, 15) is 19.7 Å². The molecule has 0 saturated carbocycles. The van der Waals surface area contributed by atoms with Gasteiger partial charge < -0.3 is 20.2 Å². The molecule has 0 aliphatic carbocycles. The number of hydrogen-bond donors (Lipinski definition) is 2. The van der Waals surface area contributed by atoms with Gasteiger partial charge in [0, 0.05) is 6.54 Å². The first-order chi connectivity index (χ1) is 9.90. The summed E-state index contributed by atoms with van der Waals surface area (Å²) in [5.74, 6) is -1.09. The van der Waals surface area contributed by atoms with Crippen molar-refractivity contribution in [2.24, 2.45) is 5.92 Å². The average Bonchev–Trinajstić information content (AvgIpc) is 2.43. The smallest absolute Gasteiger partial charge is 0.406 e. The van der Waals surface area contributed by atoms with Gasteiger partial charge in [-0.3, -0.25) is 10.1 Å². The highest BCUT2D eigenvalue weighted by atomic mass is 16.6. The van der Waals surface area contributed by atoms with Crippen molar-refractivity contribution >= 4 is 17.8 Å². The molecule has 0 radical (unpaired) electrons. The van der Waals surface area contributed by atoms with Gasteiger partial charge in [-0.05, 0) is 28.0 Å². The second-order valence-electron chi connectivity index (χ2n) is 4.52. The van der Waals surface area contributed by atoms with E-state index in [1.807, 2.05) is 19.2 Å². The predicted octanol–water partition coefficient (Wildman–Crippen LogP) is 0.850. The highest BCUT2D eigenvalue weighted by molar-refractivity contribution is 5.95. The number of nitrogens with zero attached hydrogens (tertiary/aromatic N) is 2. The van der Waals surface area contributed by atoms with Crippen molar-refractivity contribution in [3.63, 3.8) is 0 Å². The van der Waals surface area contributed by atoms with E-state index < -0.39 is 29.3 Å². The van der Waals surface area contributed by atoms with Crippen LogP contribution in [0.4, 0.5) is 10.6 Å². The van der Waals surface area contributed by atoms with Gasteiger partial charge in [0.2, 0.25) is 5.75 Å². The Balaban J connectivity index is 2.47. The first kappa shape index (κ1) is 16.3. The summed E-state index contributed by atoms with van der Waals surface area (Å²) in [6, 6.07) is 2.12. The molecule has 0 aliphatic rings. The molecule has 21 heavy (non-hydrogen) atoms. The van der Waals surface area contributed by atoms with Crippen LogP contribution >= 0.6 is 0 Å². The Labute approximate surface area is 120 Å². The maximum atomic E-state index is 11.5. The quantitative estimate of drug-likeness (QED) is 0.592. The van der Waals surface area contributed by atoms with E-state index in [-0.39, 0.29) is 11.7 Å². The normalized spacial score (nSPS) is 10.0. The Morgan fingerprint density at radius 1 is 1.48 bits per heavy atom. The molecule has 0 aliphatic heterocycles. The largest absolute Gasteiger partial charge is 0.476 e. The minimum atomic E-state index is -0.720. The molecule has 1 aromatic heterocycles. The van der Waals surface area contributed by atoms with Gasteiger partial charge in [-0.25, -0.2) is 4.79 Å². The van der Waals surface area contributed by atoms with E-state index in [0.29, 0.717) is 6.54 Å². The fourth-order valence-electron chi connectivity index (χ4n) is 1.28. The lowest BCUT2D eigenvalue weighted by Crippen LogP contribution is -2.42.